The summed E-state index contributed by atoms with van der Waals surface area (Å²) in [4.78, 5) is 7.31. The third-order valence-corrected chi connectivity index (χ3v) is 5.34. The number of anilines is 1. The van der Waals surface area contributed by atoms with Crippen molar-refractivity contribution in [2.45, 2.75) is 20.0 Å². The molecule has 1 aromatic heterocycles. The molecule has 22 heavy (non-hydrogen) atoms. The standard InChI is InChI=1S/C18H24N2OS/c1-14-12-17(15(2)22-14)18(21)13-19-8-10-20(11-9-19)16-6-4-3-5-7-16/h3-7,12,18,21H,8-11,13H2,1-2H3/t18-/m1/s1. The van der Waals surface area contributed by atoms with Crippen LogP contribution in [0.1, 0.15) is 21.4 Å². The van der Waals surface area contributed by atoms with Gasteiger partial charge in [0, 0.05) is 48.2 Å². The number of benzene rings is 1. The maximum atomic E-state index is 10.5. The van der Waals surface area contributed by atoms with Crippen molar-refractivity contribution in [3.63, 3.8) is 0 Å². The Bertz CT molecular complexity index is 603. The number of β-amino-alcohol motifs (C(OH)–C–C–N with tert-alkyl or cyclic N) is 1. The predicted octanol–water partition coefficient (Wildman–Crippen LogP) is 3.22. The summed E-state index contributed by atoms with van der Waals surface area (Å²) in [6, 6.07) is 12.7. The van der Waals surface area contributed by atoms with E-state index in [0.29, 0.717) is 0 Å². The summed E-state index contributed by atoms with van der Waals surface area (Å²) in [6.45, 7) is 9.01. The molecule has 1 fully saturated rings. The minimum absolute atomic E-state index is 0.367. The molecule has 0 saturated carbocycles. The molecule has 0 aliphatic carbocycles. The highest BCUT2D eigenvalue weighted by atomic mass is 32.1. The summed E-state index contributed by atoms with van der Waals surface area (Å²) in [5.41, 5.74) is 2.40. The predicted molar refractivity (Wildman–Crippen MR) is 93.8 cm³/mol. The fraction of sp³-hybridized carbons (Fsp3) is 0.444. The molecule has 118 valence electrons. The Kier molecular flexibility index (Phi) is 4.81. The van der Waals surface area contributed by atoms with Crippen LogP contribution in [0, 0.1) is 13.8 Å². The lowest BCUT2D eigenvalue weighted by atomic mass is 10.1. The van der Waals surface area contributed by atoms with Gasteiger partial charge in [-0.15, -0.1) is 11.3 Å². The molecular formula is C18H24N2OS. The van der Waals surface area contributed by atoms with Gasteiger partial charge in [0.15, 0.2) is 0 Å². The first-order valence-corrected chi connectivity index (χ1v) is 8.72. The average molecular weight is 316 g/mol. The highest BCUT2D eigenvalue weighted by Gasteiger charge is 2.21. The van der Waals surface area contributed by atoms with E-state index >= 15 is 0 Å². The molecule has 1 N–H and O–H groups in total. The minimum atomic E-state index is -0.367. The Morgan fingerprint density at radius 2 is 1.77 bits per heavy atom. The van der Waals surface area contributed by atoms with Gasteiger partial charge in [0.1, 0.15) is 0 Å². The van der Waals surface area contributed by atoms with Gasteiger partial charge < -0.3 is 10.0 Å². The number of aliphatic hydroxyl groups is 1. The number of hydrogen-bond acceptors (Lipinski definition) is 4. The first-order valence-electron chi connectivity index (χ1n) is 7.91. The van der Waals surface area contributed by atoms with E-state index in [1.165, 1.54) is 15.4 Å². The molecule has 0 amide bonds. The zero-order valence-corrected chi connectivity index (χ0v) is 14.1. The third-order valence-electron chi connectivity index (χ3n) is 4.36. The van der Waals surface area contributed by atoms with Crippen LogP contribution in [0.4, 0.5) is 5.69 Å². The summed E-state index contributed by atoms with van der Waals surface area (Å²) in [7, 11) is 0. The largest absolute Gasteiger partial charge is 0.387 e. The molecule has 3 nitrogen and oxygen atoms in total. The number of hydrogen-bond donors (Lipinski definition) is 1. The lowest BCUT2D eigenvalue weighted by Gasteiger charge is -2.37. The monoisotopic (exact) mass is 316 g/mol. The lowest BCUT2D eigenvalue weighted by molar-refractivity contribution is 0.109. The van der Waals surface area contributed by atoms with Crippen molar-refractivity contribution in [1.29, 1.82) is 0 Å². The Balaban J connectivity index is 1.55. The number of piperazine rings is 1. The summed E-state index contributed by atoms with van der Waals surface area (Å²) >= 11 is 1.77. The SMILES string of the molecule is Cc1cc([C@H](O)CN2CCN(c3ccccc3)CC2)c(C)s1. The lowest BCUT2D eigenvalue weighted by Crippen LogP contribution is -2.47. The molecule has 1 aliphatic rings. The molecule has 0 radical (unpaired) electrons. The van der Waals surface area contributed by atoms with Crippen molar-refractivity contribution in [2.75, 3.05) is 37.6 Å². The molecule has 0 bridgehead atoms. The normalized spacial score (nSPS) is 17.7. The van der Waals surface area contributed by atoms with E-state index in [-0.39, 0.29) is 6.10 Å². The Morgan fingerprint density at radius 1 is 1.09 bits per heavy atom. The van der Waals surface area contributed by atoms with Gasteiger partial charge >= 0.3 is 0 Å². The molecule has 1 aliphatic heterocycles. The highest BCUT2D eigenvalue weighted by molar-refractivity contribution is 7.12. The van der Waals surface area contributed by atoms with Gasteiger partial charge in [0.05, 0.1) is 6.10 Å². The quantitative estimate of drug-likeness (QED) is 0.938. The zero-order chi connectivity index (χ0) is 15.5. The van der Waals surface area contributed by atoms with Gasteiger partial charge in [-0.1, -0.05) is 18.2 Å². The average Bonchev–Trinajstić information content (AvgIpc) is 2.88. The number of nitrogens with zero attached hydrogens (tertiary/aromatic N) is 2. The Labute approximate surface area is 136 Å². The van der Waals surface area contributed by atoms with Gasteiger partial charge in [0.2, 0.25) is 0 Å². The third kappa shape index (κ3) is 3.51. The van der Waals surface area contributed by atoms with E-state index in [2.05, 4.69) is 60.0 Å². The first kappa shape index (κ1) is 15.5. The van der Waals surface area contributed by atoms with Crippen LogP contribution >= 0.6 is 11.3 Å². The fourth-order valence-electron chi connectivity index (χ4n) is 3.15. The Hall–Kier alpha value is -1.36. The zero-order valence-electron chi connectivity index (χ0n) is 13.3. The van der Waals surface area contributed by atoms with Gasteiger partial charge in [0.25, 0.3) is 0 Å². The molecule has 4 heteroatoms. The summed E-state index contributed by atoms with van der Waals surface area (Å²) in [5.74, 6) is 0. The van der Waals surface area contributed by atoms with Gasteiger partial charge in [-0.2, -0.15) is 0 Å². The van der Waals surface area contributed by atoms with E-state index in [1.54, 1.807) is 11.3 Å². The molecule has 0 unspecified atom stereocenters. The topological polar surface area (TPSA) is 26.7 Å². The van der Waals surface area contributed by atoms with Crippen molar-refractivity contribution >= 4 is 17.0 Å². The van der Waals surface area contributed by atoms with Crippen molar-refractivity contribution in [3.8, 4) is 0 Å². The maximum Gasteiger partial charge on any atom is 0.0927 e. The van der Waals surface area contributed by atoms with Crippen LogP contribution in [0.15, 0.2) is 36.4 Å². The molecule has 3 rings (SSSR count). The van der Waals surface area contributed by atoms with E-state index < -0.39 is 0 Å². The van der Waals surface area contributed by atoms with Gasteiger partial charge in [-0.25, -0.2) is 0 Å². The summed E-state index contributed by atoms with van der Waals surface area (Å²) < 4.78 is 0. The van der Waals surface area contributed by atoms with Crippen LogP contribution in [0.5, 0.6) is 0 Å². The first-order chi connectivity index (χ1) is 10.6. The van der Waals surface area contributed by atoms with Crippen LogP contribution in [0.25, 0.3) is 0 Å². The fourth-order valence-corrected chi connectivity index (χ4v) is 4.13. The van der Waals surface area contributed by atoms with Crippen molar-refractivity contribution in [1.82, 2.24) is 4.90 Å². The number of aliphatic hydroxyl groups excluding tert-OH is 1. The van der Waals surface area contributed by atoms with E-state index in [1.807, 2.05) is 0 Å². The van der Waals surface area contributed by atoms with Crippen LogP contribution in [0.2, 0.25) is 0 Å². The van der Waals surface area contributed by atoms with E-state index in [4.69, 9.17) is 0 Å². The van der Waals surface area contributed by atoms with Crippen LogP contribution < -0.4 is 4.90 Å². The molecule has 0 spiro atoms. The Morgan fingerprint density at radius 3 is 2.36 bits per heavy atom. The smallest absolute Gasteiger partial charge is 0.0927 e. The second kappa shape index (κ2) is 6.82. The minimum Gasteiger partial charge on any atom is -0.387 e. The second-order valence-electron chi connectivity index (χ2n) is 6.01. The van der Waals surface area contributed by atoms with Crippen molar-refractivity contribution in [3.05, 3.63) is 51.7 Å². The van der Waals surface area contributed by atoms with Crippen LogP contribution in [0.3, 0.4) is 0 Å². The number of rotatable bonds is 4. The molecule has 2 aromatic rings. The molecule has 1 atom stereocenters. The van der Waals surface area contributed by atoms with Crippen LogP contribution in [-0.2, 0) is 0 Å². The second-order valence-corrected chi connectivity index (χ2v) is 7.47. The highest BCUT2D eigenvalue weighted by Crippen LogP contribution is 2.27. The van der Waals surface area contributed by atoms with Crippen LogP contribution in [-0.4, -0.2) is 42.7 Å². The number of thiophene rings is 1. The summed E-state index contributed by atoms with van der Waals surface area (Å²) in [6.07, 6.45) is -0.367. The van der Waals surface area contributed by atoms with Crippen molar-refractivity contribution in [2.24, 2.45) is 0 Å². The molecule has 1 aromatic carbocycles. The van der Waals surface area contributed by atoms with E-state index in [9.17, 15) is 5.11 Å². The molecule has 2 heterocycles. The number of para-hydroxylation sites is 1. The van der Waals surface area contributed by atoms with E-state index in [0.717, 1.165) is 38.3 Å². The maximum absolute atomic E-state index is 10.5. The van der Waals surface area contributed by atoms with Gasteiger partial charge in [-0.05, 0) is 37.6 Å². The van der Waals surface area contributed by atoms with Gasteiger partial charge in [-0.3, -0.25) is 4.90 Å². The summed E-state index contributed by atoms with van der Waals surface area (Å²) in [5, 5.41) is 10.5. The molecular weight excluding hydrogens is 292 g/mol. The van der Waals surface area contributed by atoms with Crippen molar-refractivity contribution < 1.29 is 5.11 Å². The number of aryl methyl sites for hydroxylation is 2. The molecule has 1 saturated heterocycles.